The minimum Gasteiger partial charge on any atom is -0.444 e. The number of nitrogens with zero attached hydrogens (tertiary/aromatic N) is 1. The summed E-state index contributed by atoms with van der Waals surface area (Å²) in [5.41, 5.74) is 2.69. The molecule has 1 aromatic rings. The Kier molecular flexibility index (Phi) is 6.97. The van der Waals surface area contributed by atoms with E-state index in [1.54, 1.807) is 4.90 Å². The summed E-state index contributed by atoms with van der Waals surface area (Å²) in [6, 6.07) is 5.40. The summed E-state index contributed by atoms with van der Waals surface area (Å²) >= 11 is 0. The van der Waals surface area contributed by atoms with Crippen LogP contribution in [0.4, 0.5) is 4.79 Å². The summed E-state index contributed by atoms with van der Waals surface area (Å²) in [5.74, 6) is -0.221. The van der Waals surface area contributed by atoms with Gasteiger partial charge in [-0.25, -0.2) is 4.79 Å². The molecule has 0 spiro atoms. The van der Waals surface area contributed by atoms with Gasteiger partial charge in [0.05, 0.1) is 6.04 Å². The van der Waals surface area contributed by atoms with E-state index in [0.29, 0.717) is 31.5 Å². The molecule has 0 radical (unpaired) electrons. The summed E-state index contributed by atoms with van der Waals surface area (Å²) < 4.78 is 5.45. The molecule has 3 rings (SSSR count). The summed E-state index contributed by atoms with van der Waals surface area (Å²) in [6.45, 7) is 15.5. The maximum Gasteiger partial charge on any atom is 0.410 e. The fourth-order valence-corrected chi connectivity index (χ4v) is 5.00. The van der Waals surface area contributed by atoms with Crippen LogP contribution in [0.3, 0.4) is 0 Å². The molecular formula is C27H40N2O4. The maximum absolute atomic E-state index is 13.1. The lowest BCUT2D eigenvalue weighted by Gasteiger charge is -2.42. The Morgan fingerprint density at radius 1 is 1.06 bits per heavy atom. The third kappa shape index (κ3) is 5.77. The van der Waals surface area contributed by atoms with Crippen LogP contribution in [0.5, 0.6) is 0 Å². The minimum atomic E-state index is -0.571. The van der Waals surface area contributed by atoms with Gasteiger partial charge >= 0.3 is 6.09 Å². The van der Waals surface area contributed by atoms with Crippen LogP contribution in [0.25, 0.3) is 0 Å². The van der Waals surface area contributed by atoms with Crippen LogP contribution in [0.15, 0.2) is 18.2 Å². The number of rotatable bonds is 4. The molecule has 0 saturated carbocycles. The van der Waals surface area contributed by atoms with Gasteiger partial charge in [-0.05, 0) is 86.5 Å². The van der Waals surface area contributed by atoms with E-state index in [0.717, 1.165) is 19.1 Å². The lowest BCUT2D eigenvalue weighted by Crippen LogP contribution is -2.48. The number of benzene rings is 1. The topological polar surface area (TPSA) is 75.7 Å². The van der Waals surface area contributed by atoms with Crippen molar-refractivity contribution < 1.29 is 19.1 Å². The lowest BCUT2D eigenvalue weighted by molar-refractivity contribution is -0.110. The zero-order valence-electron chi connectivity index (χ0n) is 21.3. The highest BCUT2D eigenvalue weighted by atomic mass is 16.6. The van der Waals surface area contributed by atoms with Gasteiger partial charge in [0.1, 0.15) is 11.9 Å². The van der Waals surface area contributed by atoms with E-state index in [2.05, 4.69) is 39.1 Å². The largest absolute Gasteiger partial charge is 0.444 e. The van der Waals surface area contributed by atoms with Crippen molar-refractivity contribution in [1.29, 1.82) is 0 Å². The van der Waals surface area contributed by atoms with Crippen molar-refractivity contribution >= 4 is 18.3 Å². The van der Waals surface area contributed by atoms with Crippen molar-refractivity contribution in [3.05, 3.63) is 34.9 Å². The van der Waals surface area contributed by atoms with Gasteiger partial charge in [0.15, 0.2) is 0 Å². The molecule has 182 valence electrons. The van der Waals surface area contributed by atoms with E-state index in [9.17, 15) is 14.4 Å². The van der Waals surface area contributed by atoms with Crippen molar-refractivity contribution in [1.82, 2.24) is 10.2 Å². The highest BCUT2D eigenvalue weighted by molar-refractivity contribution is 5.96. The Hall–Kier alpha value is -2.37. The predicted octanol–water partition coefficient (Wildman–Crippen LogP) is 4.98. The molecule has 1 unspecified atom stereocenters. The molecule has 2 amide bonds. The predicted molar refractivity (Wildman–Crippen MR) is 130 cm³/mol. The van der Waals surface area contributed by atoms with E-state index in [1.807, 2.05) is 32.9 Å². The molecule has 1 aliphatic carbocycles. The molecule has 1 N–H and O–H groups in total. The second-order valence-electron chi connectivity index (χ2n) is 12.0. The number of likely N-dealkylation sites (tertiary alicyclic amines) is 1. The molecule has 6 heteroatoms. The maximum atomic E-state index is 13.1. The molecule has 2 aliphatic rings. The number of piperidine rings is 1. The second-order valence-corrected chi connectivity index (χ2v) is 12.0. The van der Waals surface area contributed by atoms with Crippen molar-refractivity contribution in [2.45, 2.75) is 96.6 Å². The number of aldehydes is 1. The zero-order chi connectivity index (χ0) is 24.6. The highest BCUT2D eigenvalue weighted by Crippen LogP contribution is 2.45. The van der Waals surface area contributed by atoms with E-state index < -0.39 is 11.6 Å². The summed E-state index contributed by atoms with van der Waals surface area (Å²) in [5, 5.41) is 2.95. The molecular weight excluding hydrogens is 416 g/mol. The van der Waals surface area contributed by atoms with Crippen LogP contribution in [0.1, 0.15) is 95.6 Å². The van der Waals surface area contributed by atoms with E-state index >= 15 is 0 Å². The van der Waals surface area contributed by atoms with Gasteiger partial charge in [-0.1, -0.05) is 33.8 Å². The first kappa shape index (κ1) is 25.3. The highest BCUT2D eigenvalue weighted by Gasteiger charge is 2.37. The van der Waals surface area contributed by atoms with Crippen molar-refractivity contribution in [3.8, 4) is 0 Å². The Morgan fingerprint density at radius 2 is 1.64 bits per heavy atom. The molecule has 1 fully saturated rings. The second kappa shape index (κ2) is 9.11. The van der Waals surface area contributed by atoms with Crippen LogP contribution in [0.2, 0.25) is 0 Å². The van der Waals surface area contributed by atoms with Gasteiger partial charge in [0.25, 0.3) is 5.91 Å². The van der Waals surface area contributed by atoms with Crippen LogP contribution in [-0.2, 0) is 20.4 Å². The van der Waals surface area contributed by atoms with Crippen LogP contribution in [-0.4, -0.2) is 47.9 Å². The monoisotopic (exact) mass is 456 g/mol. The molecule has 1 heterocycles. The van der Waals surface area contributed by atoms with Crippen LogP contribution >= 0.6 is 0 Å². The quantitative estimate of drug-likeness (QED) is 0.649. The first-order chi connectivity index (χ1) is 15.2. The first-order valence-electron chi connectivity index (χ1n) is 12.1. The van der Waals surface area contributed by atoms with Crippen LogP contribution < -0.4 is 5.32 Å². The average molecular weight is 457 g/mol. The third-order valence-electron chi connectivity index (χ3n) is 7.26. The van der Waals surface area contributed by atoms with Crippen molar-refractivity contribution in [2.75, 3.05) is 13.1 Å². The molecule has 1 aliphatic heterocycles. The van der Waals surface area contributed by atoms with E-state index in [-0.39, 0.29) is 28.7 Å². The standard InChI is InChI=1S/C27H40N2O4/c1-25(2,3)33-24(32)29-14-10-18(11-15-29)22(17-30)28-23(31)19-8-9-20-21(16-19)27(6,7)13-12-26(20,4)5/h8-9,16-18,22H,10-15H2,1-7H3,(H,28,31). The Labute approximate surface area is 198 Å². The molecule has 1 saturated heterocycles. The van der Waals surface area contributed by atoms with E-state index in [4.69, 9.17) is 4.74 Å². The number of carbonyl (C=O) groups excluding carboxylic acids is 3. The molecule has 0 bridgehead atoms. The Bertz CT molecular complexity index is 905. The average Bonchev–Trinajstić information content (AvgIpc) is 2.74. The molecule has 0 aromatic heterocycles. The summed E-state index contributed by atoms with van der Waals surface area (Å²) in [6.07, 6.45) is 3.99. The van der Waals surface area contributed by atoms with Gasteiger partial charge in [-0.3, -0.25) is 4.79 Å². The molecule has 1 atom stereocenters. The molecule has 1 aromatic carbocycles. The van der Waals surface area contributed by atoms with Crippen LogP contribution in [0, 0.1) is 5.92 Å². The summed E-state index contributed by atoms with van der Waals surface area (Å²) in [7, 11) is 0. The third-order valence-corrected chi connectivity index (χ3v) is 7.26. The SMILES string of the molecule is CC(C)(C)OC(=O)N1CCC(C(C=O)NC(=O)c2ccc3c(c2)C(C)(C)CCC3(C)C)CC1. The number of fused-ring (bicyclic) bond motifs is 1. The van der Waals surface area contributed by atoms with Gasteiger partial charge in [0.2, 0.25) is 0 Å². The van der Waals surface area contributed by atoms with Gasteiger partial charge in [0, 0.05) is 18.7 Å². The fourth-order valence-electron chi connectivity index (χ4n) is 5.00. The van der Waals surface area contributed by atoms with Gasteiger partial charge in [-0.15, -0.1) is 0 Å². The smallest absolute Gasteiger partial charge is 0.410 e. The normalized spacial score (nSPS) is 21.0. The van der Waals surface area contributed by atoms with Crippen molar-refractivity contribution in [2.24, 2.45) is 5.92 Å². The Morgan fingerprint density at radius 3 is 2.18 bits per heavy atom. The van der Waals surface area contributed by atoms with Gasteiger partial charge < -0.3 is 19.7 Å². The molecule has 6 nitrogen and oxygen atoms in total. The molecule has 33 heavy (non-hydrogen) atoms. The number of nitrogens with one attached hydrogen (secondary N) is 1. The lowest BCUT2D eigenvalue weighted by atomic mass is 9.63. The number of carbonyl (C=O) groups is 3. The number of ether oxygens (including phenoxy) is 1. The van der Waals surface area contributed by atoms with E-state index in [1.165, 1.54) is 11.1 Å². The first-order valence-corrected chi connectivity index (χ1v) is 12.1. The number of hydrogen-bond donors (Lipinski definition) is 1. The fraction of sp³-hybridized carbons (Fsp3) is 0.667. The Balaban J connectivity index is 1.67. The minimum absolute atomic E-state index is 0.00172. The zero-order valence-corrected chi connectivity index (χ0v) is 21.3. The van der Waals surface area contributed by atoms with Crippen molar-refractivity contribution in [3.63, 3.8) is 0 Å². The summed E-state index contributed by atoms with van der Waals surface area (Å²) in [4.78, 5) is 38.9. The van der Waals surface area contributed by atoms with Gasteiger partial charge in [-0.2, -0.15) is 0 Å². The number of amides is 2. The number of hydrogen-bond acceptors (Lipinski definition) is 4.